The average molecular weight is 299 g/mol. The third-order valence-electron chi connectivity index (χ3n) is 2.83. The van der Waals surface area contributed by atoms with Gasteiger partial charge in [0.1, 0.15) is 11.5 Å². The van der Waals surface area contributed by atoms with Crippen molar-refractivity contribution in [1.29, 1.82) is 0 Å². The van der Waals surface area contributed by atoms with Crippen molar-refractivity contribution in [3.63, 3.8) is 0 Å². The second-order valence-electron chi connectivity index (χ2n) is 4.27. The number of hydrogen-bond acceptors (Lipinski definition) is 5. The lowest BCUT2D eigenvalue weighted by atomic mass is 10.1. The second-order valence-corrected chi connectivity index (χ2v) is 4.27. The van der Waals surface area contributed by atoms with Crippen LogP contribution in [0.5, 0.6) is 11.5 Å². The highest BCUT2D eigenvalue weighted by Crippen LogP contribution is 2.19. The molecule has 6 heteroatoms. The Kier molecular flexibility index (Phi) is 4.87. The minimum Gasteiger partial charge on any atom is -0.497 e. The number of benzene rings is 2. The summed E-state index contributed by atoms with van der Waals surface area (Å²) >= 11 is 0. The molecule has 0 atom stereocenters. The van der Waals surface area contributed by atoms with E-state index in [1.165, 1.54) is 30.5 Å². The summed E-state index contributed by atoms with van der Waals surface area (Å²) in [5.74, 6) is 0.703. The van der Waals surface area contributed by atoms with Crippen molar-refractivity contribution in [2.75, 3.05) is 7.11 Å². The van der Waals surface area contributed by atoms with Crippen LogP contribution in [0.1, 0.15) is 10.4 Å². The standard InChI is InChI=1S/C16H13NO5/c1-21-14-7-5-12(6-8-14)16(18)9-10-22-15-4-2-3-13(11-15)17(19)20/h2-11H,1H3. The van der Waals surface area contributed by atoms with Crippen molar-refractivity contribution in [2.24, 2.45) is 0 Å². The van der Waals surface area contributed by atoms with Gasteiger partial charge in [-0.2, -0.15) is 0 Å². The van der Waals surface area contributed by atoms with Gasteiger partial charge in [0.15, 0.2) is 5.78 Å². The summed E-state index contributed by atoms with van der Waals surface area (Å²) in [6.07, 6.45) is 2.45. The van der Waals surface area contributed by atoms with Crippen LogP contribution in [0.25, 0.3) is 0 Å². The molecule has 0 fully saturated rings. The number of carbonyl (C=O) groups is 1. The third kappa shape index (κ3) is 3.92. The van der Waals surface area contributed by atoms with Crippen LogP contribution in [0.4, 0.5) is 5.69 Å². The van der Waals surface area contributed by atoms with Crippen LogP contribution in [0.2, 0.25) is 0 Å². The Labute approximate surface area is 126 Å². The lowest BCUT2D eigenvalue weighted by Crippen LogP contribution is -1.95. The predicted octanol–water partition coefficient (Wildman–Crippen LogP) is 3.38. The highest BCUT2D eigenvalue weighted by Gasteiger charge is 2.06. The summed E-state index contributed by atoms with van der Waals surface area (Å²) in [6.45, 7) is 0. The molecule has 0 aliphatic rings. The number of ketones is 1. The highest BCUT2D eigenvalue weighted by molar-refractivity contribution is 6.04. The van der Waals surface area contributed by atoms with Crippen LogP contribution < -0.4 is 9.47 Å². The van der Waals surface area contributed by atoms with Gasteiger partial charge in [-0.25, -0.2) is 0 Å². The van der Waals surface area contributed by atoms with E-state index < -0.39 is 4.92 Å². The topological polar surface area (TPSA) is 78.7 Å². The summed E-state index contributed by atoms with van der Waals surface area (Å²) in [6, 6.07) is 12.4. The maximum atomic E-state index is 11.9. The van der Waals surface area contributed by atoms with Crippen molar-refractivity contribution in [3.05, 3.63) is 76.5 Å². The Bertz CT molecular complexity index is 707. The molecule has 0 N–H and O–H groups in total. The van der Waals surface area contributed by atoms with E-state index >= 15 is 0 Å². The maximum absolute atomic E-state index is 11.9. The fourth-order valence-corrected chi connectivity index (χ4v) is 1.70. The Morgan fingerprint density at radius 1 is 1.14 bits per heavy atom. The van der Waals surface area contributed by atoms with Gasteiger partial charge in [-0.15, -0.1) is 0 Å². The Morgan fingerprint density at radius 3 is 2.50 bits per heavy atom. The third-order valence-corrected chi connectivity index (χ3v) is 2.83. The number of ether oxygens (including phenoxy) is 2. The minimum atomic E-state index is -0.515. The quantitative estimate of drug-likeness (QED) is 0.268. The molecule has 0 heterocycles. The van der Waals surface area contributed by atoms with Gasteiger partial charge in [-0.3, -0.25) is 14.9 Å². The molecule has 0 spiro atoms. The lowest BCUT2D eigenvalue weighted by molar-refractivity contribution is -0.384. The number of nitro benzene ring substituents is 1. The van der Waals surface area contributed by atoms with E-state index in [0.29, 0.717) is 11.3 Å². The molecule has 0 unspecified atom stereocenters. The molecule has 0 saturated heterocycles. The number of methoxy groups -OCH3 is 1. The van der Waals surface area contributed by atoms with Gasteiger partial charge >= 0.3 is 0 Å². The molecule has 2 aromatic rings. The number of carbonyl (C=O) groups excluding carboxylic acids is 1. The van der Waals surface area contributed by atoms with E-state index in [9.17, 15) is 14.9 Å². The Balaban J connectivity index is 2.00. The monoisotopic (exact) mass is 299 g/mol. The molecule has 0 aliphatic heterocycles. The zero-order chi connectivity index (χ0) is 15.9. The first-order valence-electron chi connectivity index (χ1n) is 6.36. The maximum Gasteiger partial charge on any atom is 0.273 e. The van der Waals surface area contributed by atoms with Crippen molar-refractivity contribution in [2.45, 2.75) is 0 Å². The van der Waals surface area contributed by atoms with Crippen LogP contribution in [0.15, 0.2) is 60.9 Å². The van der Waals surface area contributed by atoms with Gasteiger partial charge in [0.25, 0.3) is 5.69 Å². The largest absolute Gasteiger partial charge is 0.497 e. The van der Waals surface area contributed by atoms with Crippen molar-refractivity contribution in [3.8, 4) is 11.5 Å². The second kappa shape index (κ2) is 7.03. The molecule has 0 aromatic heterocycles. The van der Waals surface area contributed by atoms with Crippen molar-refractivity contribution >= 4 is 11.5 Å². The van der Waals surface area contributed by atoms with E-state index in [-0.39, 0.29) is 17.2 Å². The number of allylic oxidation sites excluding steroid dienone is 1. The van der Waals surface area contributed by atoms with E-state index in [1.807, 2.05) is 0 Å². The molecule has 0 bridgehead atoms. The van der Waals surface area contributed by atoms with Crippen LogP contribution in [0.3, 0.4) is 0 Å². The predicted molar refractivity (Wildman–Crippen MR) is 80.2 cm³/mol. The molecule has 2 aromatic carbocycles. The van der Waals surface area contributed by atoms with E-state index in [0.717, 1.165) is 0 Å². The minimum absolute atomic E-state index is 0.0765. The fraction of sp³-hybridized carbons (Fsp3) is 0.0625. The molecule has 22 heavy (non-hydrogen) atoms. The van der Waals surface area contributed by atoms with Crippen LogP contribution in [-0.4, -0.2) is 17.8 Å². The Hall–Kier alpha value is -3.15. The van der Waals surface area contributed by atoms with Gasteiger partial charge in [-0.1, -0.05) is 6.07 Å². The van der Waals surface area contributed by atoms with Crippen molar-refractivity contribution in [1.82, 2.24) is 0 Å². The number of nitrogens with zero attached hydrogens (tertiary/aromatic N) is 1. The molecule has 0 saturated carbocycles. The van der Waals surface area contributed by atoms with Gasteiger partial charge in [0.2, 0.25) is 0 Å². The first kappa shape index (κ1) is 15.2. The fourth-order valence-electron chi connectivity index (χ4n) is 1.70. The first-order chi connectivity index (χ1) is 10.6. The van der Waals surface area contributed by atoms with Gasteiger partial charge in [-0.05, 0) is 30.3 Å². The first-order valence-corrected chi connectivity index (χ1v) is 6.36. The smallest absolute Gasteiger partial charge is 0.273 e. The number of non-ortho nitro benzene ring substituents is 1. The summed E-state index contributed by atoms with van der Waals surface area (Å²) in [5.41, 5.74) is 0.409. The molecule has 0 radical (unpaired) electrons. The molecule has 0 aliphatic carbocycles. The van der Waals surface area contributed by atoms with E-state index in [1.54, 1.807) is 37.4 Å². The van der Waals surface area contributed by atoms with E-state index in [2.05, 4.69) is 0 Å². The average Bonchev–Trinajstić information content (AvgIpc) is 2.55. The van der Waals surface area contributed by atoms with Crippen LogP contribution in [0, 0.1) is 10.1 Å². The van der Waals surface area contributed by atoms with Gasteiger partial charge in [0, 0.05) is 17.7 Å². The van der Waals surface area contributed by atoms with E-state index in [4.69, 9.17) is 9.47 Å². The molecule has 2 rings (SSSR count). The summed E-state index contributed by atoms with van der Waals surface area (Å²) in [4.78, 5) is 22.0. The van der Waals surface area contributed by atoms with Crippen LogP contribution in [-0.2, 0) is 0 Å². The zero-order valence-corrected chi connectivity index (χ0v) is 11.8. The number of rotatable bonds is 6. The van der Waals surface area contributed by atoms with Crippen LogP contribution >= 0.6 is 0 Å². The number of hydrogen-bond donors (Lipinski definition) is 0. The summed E-state index contributed by atoms with van der Waals surface area (Å²) in [7, 11) is 1.55. The van der Waals surface area contributed by atoms with Crippen molar-refractivity contribution < 1.29 is 19.2 Å². The molecular formula is C16H13NO5. The number of nitro groups is 1. The Morgan fingerprint density at radius 2 is 1.86 bits per heavy atom. The highest BCUT2D eigenvalue weighted by atomic mass is 16.6. The molecule has 0 amide bonds. The molecular weight excluding hydrogens is 286 g/mol. The SMILES string of the molecule is COc1ccc(C(=O)C=COc2cccc([N+](=O)[O-])c2)cc1. The van der Waals surface area contributed by atoms with Gasteiger partial charge in [0.05, 0.1) is 24.4 Å². The lowest BCUT2D eigenvalue weighted by Gasteiger charge is -2.01. The van der Waals surface area contributed by atoms with Gasteiger partial charge < -0.3 is 9.47 Å². The molecule has 6 nitrogen and oxygen atoms in total. The zero-order valence-electron chi connectivity index (χ0n) is 11.8. The normalized spacial score (nSPS) is 10.4. The summed E-state index contributed by atoms with van der Waals surface area (Å²) in [5, 5.41) is 10.6. The molecule has 112 valence electrons. The summed E-state index contributed by atoms with van der Waals surface area (Å²) < 4.78 is 10.2.